The van der Waals surface area contributed by atoms with Crippen molar-refractivity contribution in [3.63, 3.8) is 0 Å². The van der Waals surface area contributed by atoms with Gasteiger partial charge in [0.2, 0.25) is 0 Å². The lowest BCUT2D eigenvalue weighted by atomic mass is 10.1. The Hall–Kier alpha value is -2.30. The van der Waals surface area contributed by atoms with E-state index < -0.39 is 0 Å². The molecule has 0 amide bonds. The van der Waals surface area contributed by atoms with Gasteiger partial charge >= 0.3 is 0 Å². The molecule has 0 aliphatic heterocycles. The van der Waals surface area contributed by atoms with Crippen molar-refractivity contribution in [3.8, 4) is 0 Å². The fourth-order valence-corrected chi connectivity index (χ4v) is 2.56. The lowest BCUT2D eigenvalue weighted by molar-refractivity contribution is 0.372. The summed E-state index contributed by atoms with van der Waals surface area (Å²) in [7, 11) is 1.78. The van der Waals surface area contributed by atoms with Crippen molar-refractivity contribution >= 4 is 5.96 Å². The van der Waals surface area contributed by atoms with E-state index in [1.165, 1.54) is 18.4 Å². The van der Waals surface area contributed by atoms with Gasteiger partial charge in [0.05, 0.1) is 12.2 Å². The number of unbranched alkanes of at least 4 members (excludes halogenated alkanes) is 2. The molecule has 0 aliphatic carbocycles. The second-order valence-electron chi connectivity index (χ2n) is 6.52. The third kappa shape index (κ3) is 6.99. The average molecular weight is 342 g/mol. The van der Waals surface area contributed by atoms with Crippen LogP contribution in [0.4, 0.5) is 0 Å². The van der Waals surface area contributed by atoms with Crippen LogP contribution in [-0.4, -0.2) is 24.7 Å². The SMILES string of the molecule is CN=C(NCCCCCc1ccccc1)NCc1cc(C(C)C)no1. The minimum atomic E-state index is 0.380. The zero-order valence-electron chi connectivity index (χ0n) is 15.6. The highest BCUT2D eigenvalue weighted by Crippen LogP contribution is 2.13. The second-order valence-corrected chi connectivity index (χ2v) is 6.52. The van der Waals surface area contributed by atoms with Crippen LogP contribution in [0.3, 0.4) is 0 Å². The van der Waals surface area contributed by atoms with Crippen LogP contribution in [0, 0.1) is 0 Å². The minimum absolute atomic E-state index is 0.380. The van der Waals surface area contributed by atoms with Crippen LogP contribution in [0.1, 0.15) is 56.0 Å². The predicted octanol–water partition coefficient (Wildman–Crippen LogP) is 3.88. The zero-order chi connectivity index (χ0) is 17.9. The summed E-state index contributed by atoms with van der Waals surface area (Å²) in [5.74, 6) is 2.01. The van der Waals surface area contributed by atoms with Crippen molar-refractivity contribution in [1.82, 2.24) is 15.8 Å². The quantitative estimate of drug-likeness (QED) is 0.412. The van der Waals surface area contributed by atoms with Gasteiger partial charge in [-0.15, -0.1) is 0 Å². The van der Waals surface area contributed by atoms with Gasteiger partial charge in [0.15, 0.2) is 11.7 Å². The second kappa shape index (κ2) is 10.5. The maximum Gasteiger partial charge on any atom is 0.191 e. The molecular formula is C20H30N4O. The van der Waals surface area contributed by atoms with E-state index in [4.69, 9.17) is 4.52 Å². The van der Waals surface area contributed by atoms with E-state index in [1.807, 2.05) is 6.07 Å². The van der Waals surface area contributed by atoms with Gasteiger partial charge in [0.25, 0.3) is 0 Å². The molecule has 1 heterocycles. The molecule has 2 N–H and O–H groups in total. The molecule has 0 saturated carbocycles. The zero-order valence-corrected chi connectivity index (χ0v) is 15.6. The Labute approximate surface area is 150 Å². The maximum absolute atomic E-state index is 5.33. The van der Waals surface area contributed by atoms with Gasteiger partial charge in [-0.25, -0.2) is 0 Å². The lowest BCUT2D eigenvalue weighted by Gasteiger charge is -2.10. The van der Waals surface area contributed by atoms with Crippen molar-refractivity contribution in [3.05, 3.63) is 53.4 Å². The maximum atomic E-state index is 5.33. The standard InChI is InChI=1S/C20H30N4O/c1-16(2)19-14-18(25-24-19)15-23-20(21-3)22-13-9-5-8-12-17-10-6-4-7-11-17/h4,6-7,10-11,14,16H,5,8-9,12-13,15H2,1-3H3,(H2,21,22,23). The number of benzene rings is 1. The predicted molar refractivity (Wildman–Crippen MR) is 103 cm³/mol. The Bertz CT molecular complexity index is 634. The first-order valence-electron chi connectivity index (χ1n) is 9.13. The number of hydrogen-bond acceptors (Lipinski definition) is 3. The molecule has 1 aromatic carbocycles. The minimum Gasteiger partial charge on any atom is -0.359 e. The first-order valence-corrected chi connectivity index (χ1v) is 9.13. The largest absolute Gasteiger partial charge is 0.359 e. The molecule has 0 atom stereocenters. The lowest BCUT2D eigenvalue weighted by Crippen LogP contribution is -2.37. The van der Waals surface area contributed by atoms with E-state index in [-0.39, 0.29) is 0 Å². The van der Waals surface area contributed by atoms with Gasteiger partial charge < -0.3 is 15.2 Å². The Morgan fingerprint density at radius 1 is 1.12 bits per heavy atom. The van der Waals surface area contributed by atoms with Crippen LogP contribution in [-0.2, 0) is 13.0 Å². The molecule has 0 bridgehead atoms. The Kier molecular flexibility index (Phi) is 8.02. The number of aromatic nitrogens is 1. The first kappa shape index (κ1) is 19.0. The summed E-state index contributed by atoms with van der Waals surface area (Å²) in [5, 5.41) is 10.7. The Balaban J connectivity index is 1.58. The molecular weight excluding hydrogens is 312 g/mol. The molecule has 0 spiro atoms. The summed E-state index contributed by atoms with van der Waals surface area (Å²) in [6, 6.07) is 12.6. The van der Waals surface area contributed by atoms with Crippen LogP contribution >= 0.6 is 0 Å². The van der Waals surface area contributed by atoms with Gasteiger partial charge in [0.1, 0.15) is 0 Å². The molecule has 5 nitrogen and oxygen atoms in total. The summed E-state index contributed by atoms with van der Waals surface area (Å²) in [6.45, 7) is 5.72. The number of nitrogens with one attached hydrogen (secondary N) is 2. The molecule has 136 valence electrons. The molecule has 1 aromatic heterocycles. The van der Waals surface area contributed by atoms with Gasteiger partial charge in [-0.05, 0) is 30.7 Å². The van der Waals surface area contributed by atoms with Crippen LogP contribution in [0.25, 0.3) is 0 Å². The van der Waals surface area contributed by atoms with E-state index in [2.05, 4.69) is 65.0 Å². The van der Waals surface area contributed by atoms with Crippen molar-refractivity contribution in [2.45, 2.75) is 52.0 Å². The summed E-state index contributed by atoms with van der Waals surface area (Å²) in [4.78, 5) is 4.24. The fraction of sp³-hybridized carbons (Fsp3) is 0.500. The van der Waals surface area contributed by atoms with Crippen LogP contribution in [0.5, 0.6) is 0 Å². The summed E-state index contributed by atoms with van der Waals surface area (Å²) in [6.07, 6.45) is 4.71. The van der Waals surface area contributed by atoms with Crippen LogP contribution < -0.4 is 10.6 Å². The first-order chi connectivity index (χ1) is 12.2. The van der Waals surface area contributed by atoms with E-state index in [9.17, 15) is 0 Å². The van der Waals surface area contributed by atoms with Crippen molar-refractivity contribution in [2.24, 2.45) is 4.99 Å². The van der Waals surface area contributed by atoms with Gasteiger partial charge in [0, 0.05) is 19.7 Å². The normalized spacial score (nSPS) is 11.8. The van der Waals surface area contributed by atoms with Crippen molar-refractivity contribution < 1.29 is 4.52 Å². The Morgan fingerprint density at radius 3 is 2.60 bits per heavy atom. The van der Waals surface area contributed by atoms with Gasteiger partial charge in [-0.3, -0.25) is 4.99 Å². The molecule has 5 heteroatoms. The highest BCUT2D eigenvalue weighted by molar-refractivity contribution is 5.79. The molecule has 0 radical (unpaired) electrons. The van der Waals surface area contributed by atoms with Crippen LogP contribution in [0.15, 0.2) is 45.9 Å². The number of aliphatic imine (C=N–C) groups is 1. The monoisotopic (exact) mass is 342 g/mol. The number of guanidine groups is 1. The molecule has 0 fully saturated rings. The van der Waals surface area contributed by atoms with Crippen molar-refractivity contribution in [1.29, 1.82) is 0 Å². The smallest absolute Gasteiger partial charge is 0.191 e. The summed E-state index contributed by atoms with van der Waals surface area (Å²) in [5.41, 5.74) is 2.40. The van der Waals surface area contributed by atoms with E-state index >= 15 is 0 Å². The van der Waals surface area contributed by atoms with Gasteiger partial charge in [-0.1, -0.05) is 55.8 Å². The number of nitrogens with zero attached hydrogens (tertiary/aromatic N) is 2. The number of hydrogen-bond donors (Lipinski definition) is 2. The summed E-state index contributed by atoms with van der Waals surface area (Å²) >= 11 is 0. The number of aryl methyl sites for hydroxylation is 1. The van der Waals surface area contributed by atoms with Crippen LogP contribution in [0.2, 0.25) is 0 Å². The topological polar surface area (TPSA) is 62.5 Å². The molecule has 25 heavy (non-hydrogen) atoms. The van der Waals surface area contributed by atoms with E-state index in [0.29, 0.717) is 12.5 Å². The van der Waals surface area contributed by atoms with Gasteiger partial charge in [-0.2, -0.15) is 0 Å². The molecule has 0 saturated heterocycles. The third-order valence-corrected chi connectivity index (χ3v) is 4.10. The summed E-state index contributed by atoms with van der Waals surface area (Å²) < 4.78 is 5.33. The molecule has 2 aromatic rings. The number of rotatable bonds is 9. The Morgan fingerprint density at radius 2 is 1.92 bits per heavy atom. The molecule has 0 unspecified atom stereocenters. The average Bonchev–Trinajstić information content (AvgIpc) is 3.11. The highest BCUT2D eigenvalue weighted by Gasteiger charge is 2.08. The third-order valence-electron chi connectivity index (χ3n) is 4.10. The fourth-order valence-electron chi connectivity index (χ4n) is 2.56. The highest BCUT2D eigenvalue weighted by atomic mass is 16.5. The molecule has 2 rings (SSSR count). The van der Waals surface area contributed by atoms with E-state index in [0.717, 1.165) is 36.8 Å². The molecule has 0 aliphatic rings. The van der Waals surface area contributed by atoms with Crippen molar-refractivity contribution in [2.75, 3.05) is 13.6 Å². The van der Waals surface area contributed by atoms with E-state index in [1.54, 1.807) is 7.05 Å².